The van der Waals surface area contributed by atoms with Crippen LogP contribution in [0.2, 0.25) is 0 Å². The standard InChI is InChI=1S/C20H29N3.2ClH.Cu/c1-15-7-5-8-16(2)19(15)22-13-11-21-12-14-23-20-17(3)9-6-10-18(20)4;;;/h5-10,21-23H,11-14H2,1-4H3;2*1H;/q;;;+2/p-2. The summed E-state index contributed by atoms with van der Waals surface area (Å²) >= 11 is 0. The molecule has 0 aliphatic carbocycles. The van der Waals surface area contributed by atoms with E-state index in [-0.39, 0.29) is 41.9 Å². The van der Waals surface area contributed by atoms with Gasteiger partial charge in [-0.2, -0.15) is 0 Å². The Balaban J connectivity index is 0. The predicted molar refractivity (Wildman–Crippen MR) is 102 cm³/mol. The third-order valence-electron chi connectivity index (χ3n) is 4.17. The topological polar surface area (TPSA) is 36.1 Å². The van der Waals surface area contributed by atoms with Gasteiger partial charge < -0.3 is 40.8 Å². The molecule has 0 aliphatic rings. The molecule has 0 aromatic heterocycles. The molecule has 0 atom stereocenters. The van der Waals surface area contributed by atoms with Gasteiger partial charge in [0.15, 0.2) is 0 Å². The number of para-hydroxylation sites is 2. The van der Waals surface area contributed by atoms with E-state index in [0.717, 1.165) is 26.2 Å². The Hall–Kier alpha value is -0.901. The van der Waals surface area contributed by atoms with Crippen LogP contribution in [0.15, 0.2) is 36.4 Å². The van der Waals surface area contributed by atoms with Crippen LogP contribution in [0, 0.1) is 27.7 Å². The molecule has 0 spiro atoms. The molecular weight excluding hydrogens is 417 g/mol. The maximum atomic E-state index is 3.53. The SMILES string of the molecule is Cc1cccc(C)c1NCCNCCNc1c(C)cccc1C.[Cl-].[Cl-].[Cu+2]. The Labute approximate surface area is 181 Å². The molecule has 3 nitrogen and oxygen atoms in total. The fourth-order valence-corrected chi connectivity index (χ4v) is 2.86. The van der Waals surface area contributed by atoms with Crippen LogP contribution in [-0.2, 0) is 17.1 Å². The van der Waals surface area contributed by atoms with Gasteiger partial charge in [0.25, 0.3) is 0 Å². The molecule has 149 valence electrons. The molecule has 0 amide bonds. The number of anilines is 2. The van der Waals surface area contributed by atoms with Gasteiger partial charge in [-0.3, -0.25) is 0 Å². The first-order valence-corrected chi connectivity index (χ1v) is 8.40. The van der Waals surface area contributed by atoms with E-state index in [0.29, 0.717) is 0 Å². The minimum Gasteiger partial charge on any atom is -1.00 e. The van der Waals surface area contributed by atoms with Crippen molar-refractivity contribution in [3.8, 4) is 0 Å². The zero-order valence-corrected chi connectivity index (χ0v) is 18.3. The summed E-state index contributed by atoms with van der Waals surface area (Å²) in [4.78, 5) is 0. The molecule has 0 fully saturated rings. The Morgan fingerprint density at radius 2 is 0.885 bits per heavy atom. The van der Waals surface area contributed by atoms with E-state index in [1.54, 1.807) is 0 Å². The van der Waals surface area contributed by atoms with Crippen LogP contribution >= 0.6 is 0 Å². The summed E-state index contributed by atoms with van der Waals surface area (Å²) in [5.74, 6) is 0. The fourth-order valence-electron chi connectivity index (χ4n) is 2.86. The minimum atomic E-state index is 0. The summed E-state index contributed by atoms with van der Waals surface area (Å²) in [7, 11) is 0. The first kappa shape index (κ1) is 27.3. The van der Waals surface area contributed by atoms with Gasteiger partial charge in [-0.25, -0.2) is 0 Å². The average molecular weight is 446 g/mol. The molecule has 2 rings (SSSR count). The molecule has 0 unspecified atom stereocenters. The van der Waals surface area contributed by atoms with E-state index in [1.165, 1.54) is 33.6 Å². The summed E-state index contributed by atoms with van der Waals surface area (Å²) in [6, 6.07) is 12.8. The van der Waals surface area contributed by atoms with Crippen molar-refractivity contribution in [2.24, 2.45) is 0 Å². The smallest absolute Gasteiger partial charge is 1.00 e. The van der Waals surface area contributed by atoms with E-state index < -0.39 is 0 Å². The number of benzene rings is 2. The Morgan fingerprint density at radius 3 is 1.19 bits per heavy atom. The second-order valence-corrected chi connectivity index (χ2v) is 6.14. The molecule has 0 bridgehead atoms. The summed E-state index contributed by atoms with van der Waals surface area (Å²) in [6.07, 6.45) is 0. The largest absolute Gasteiger partial charge is 2.00 e. The van der Waals surface area contributed by atoms with Crippen molar-refractivity contribution in [3.05, 3.63) is 58.7 Å². The zero-order chi connectivity index (χ0) is 16.7. The minimum absolute atomic E-state index is 0. The van der Waals surface area contributed by atoms with Crippen LogP contribution in [0.4, 0.5) is 11.4 Å². The quantitative estimate of drug-likeness (QED) is 0.326. The van der Waals surface area contributed by atoms with Crippen LogP contribution in [0.25, 0.3) is 0 Å². The van der Waals surface area contributed by atoms with Crippen molar-refractivity contribution < 1.29 is 41.9 Å². The normalized spacial score (nSPS) is 9.38. The van der Waals surface area contributed by atoms with Gasteiger partial charge in [0.05, 0.1) is 0 Å². The fraction of sp³-hybridized carbons (Fsp3) is 0.400. The molecular formula is C20H29Cl2CuN3. The number of halogens is 2. The number of rotatable bonds is 8. The van der Waals surface area contributed by atoms with Crippen molar-refractivity contribution >= 4 is 11.4 Å². The van der Waals surface area contributed by atoms with Gasteiger partial charge in [-0.15, -0.1) is 0 Å². The maximum absolute atomic E-state index is 3.53. The van der Waals surface area contributed by atoms with Crippen molar-refractivity contribution in [2.45, 2.75) is 27.7 Å². The molecule has 6 heteroatoms. The van der Waals surface area contributed by atoms with Crippen molar-refractivity contribution in [1.82, 2.24) is 5.32 Å². The molecule has 0 saturated carbocycles. The average Bonchev–Trinajstić information content (AvgIpc) is 2.51. The van der Waals surface area contributed by atoms with Gasteiger partial charge >= 0.3 is 17.1 Å². The van der Waals surface area contributed by atoms with Crippen LogP contribution in [0.3, 0.4) is 0 Å². The monoisotopic (exact) mass is 444 g/mol. The van der Waals surface area contributed by atoms with E-state index in [1.807, 2.05) is 0 Å². The number of hydrogen-bond acceptors (Lipinski definition) is 3. The Kier molecular flexibility index (Phi) is 14.9. The van der Waals surface area contributed by atoms with E-state index >= 15 is 0 Å². The third-order valence-corrected chi connectivity index (χ3v) is 4.17. The van der Waals surface area contributed by atoms with Gasteiger partial charge in [0.1, 0.15) is 0 Å². The van der Waals surface area contributed by atoms with Crippen LogP contribution in [0.5, 0.6) is 0 Å². The van der Waals surface area contributed by atoms with Crippen molar-refractivity contribution in [3.63, 3.8) is 0 Å². The first-order chi connectivity index (χ1) is 11.1. The van der Waals surface area contributed by atoms with Gasteiger partial charge in [-0.05, 0) is 49.9 Å². The second kappa shape index (κ2) is 14.2. The maximum Gasteiger partial charge on any atom is 2.00 e. The Morgan fingerprint density at radius 1 is 0.577 bits per heavy atom. The van der Waals surface area contributed by atoms with Crippen molar-refractivity contribution in [1.29, 1.82) is 0 Å². The molecule has 0 saturated heterocycles. The number of hydrogen-bond donors (Lipinski definition) is 3. The summed E-state index contributed by atoms with van der Waals surface area (Å²) in [5.41, 5.74) is 7.76. The Bertz CT molecular complexity index is 555. The van der Waals surface area contributed by atoms with Crippen LogP contribution in [0.1, 0.15) is 22.3 Å². The summed E-state index contributed by atoms with van der Waals surface area (Å²) < 4.78 is 0. The first-order valence-electron chi connectivity index (χ1n) is 8.40. The molecule has 3 N–H and O–H groups in total. The van der Waals surface area contributed by atoms with Crippen LogP contribution < -0.4 is 40.8 Å². The van der Waals surface area contributed by atoms with E-state index in [4.69, 9.17) is 0 Å². The number of aryl methyl sites for hydroxylation is 4. The third kappa shape index (κ3) is 8.20. The number of nitrogens with one attached hydrogen (secondary N) is 3. The molecule has 1 radical (unpaired) electrons. The van der Waals surface area contributed by atoms with E-state index in [9.17, 15) is 0 Å². The van der Waals surface area contributed by atoms with E-state index in [2.05, 4.69) is 80.0 Å². The summed E-state index contributed by atoms with van der Waals surface area (Å²) in [5, 5.41) is 10.5. The van der Waals surface area contributed by atoms with Gasteiger partial charge in [0, 0.05) is 37.6 Å². The second-order valence-electron chi connectivity index (χ2n) is 6.14. The van der Waals surface area contributed by atoms with Crippen molar-refractivity contribution in [2.75, 3.05) is 36.8 Å². The predicted octanol–water partition coefficient (Wildman–Crippen LogP) is -1.96. The molecule has 26 heavy (non-hydrogen) atoms. The molecule has 2 aromatic carbocycles. The molecule has 0 heterocycles. The zero-order valence-electron chi connectivity index (χ0n) is 15.8. The van der Waals surface area contributed by atoms with Crippen LogP contribution in [-0.4, -0.2) is 26.2 Å². The van der Waals surface area contributed by atoms with Gasteiger partial charge in [0.2, 0.25) is 0 Å². The molecule has 2 aromatic rings. The summed E-state index contributed by atoms with van der Waals surface area (Å²) in [6.45, 7) is 12.4. The van der Waals surface area contributed by atoms with Gasteiger partial charge in [-0.1, -0.05) is 36.4 Å². The molecule has 0 aliphatic heterocycles.